The summed E-state index contributed by atoms with van der Waals surface area (Å²) < 4.78 is 0. The van der Waals surface area contributed by atoms with Crippen molar-refractivity contribution in [3.63, 3.8) is 0 Å². The predicted molar refractivity (Wildman–Crippen MR) is 62.1 cm³/mol. The van der Waals surface area contributed by atoms with E-state index < -0.39 is 17.4 Å². The summed E-state index contributed by atoms with van der Waals surface area (Å²) in [6, 6.07) is -0.621. The van der Waals surface area contributed by atoms with Crippen LogP contribution in [0.1, 0.15) is 27.7 Å². The zero-order valence-electron chi connectivity index (χ0n) is 10.6. The molecule has 5 nitrogen and oxygen atoms in total. The first kappa shape index (κ1) is 14.9. The van der Waals surface area contributed by atoms with Gasteiger partial charge in [0, 0.05) is 13.6 Å². The second-order valence-electron chi connectivity index (χ2n) is 4.90. The van der Waals surface area contributed by atoms with E-state index in [-0.39, 0.29) is 11.8 Å². The van der Waals surface area contributed by atoms with Crippen LogP contribution in [0.5, 0.6) is 0 Å². The lowest BCUT2D eigenvalue weighted by Gasteiger charge is -2.26. The van der Waals surface area contributed by atoms with Gasteiger partial charge in [-0.25, -0.2) is 0 Å². The molecule has 0 saturated heterocycles. The number of hydrogen-bond donors (Lipinski definition) is 3. The zero-order chi connectivity index (χ0) is 12.9. The van der Waals surface area contributed by atoms with Crippen LogP contribution in [0.25, 0.3) is 0 Å². The molecule has 0 fully saturated rings. The summed E-state index contributed by atoms with van der Waals surface area (Å²) in [6.07, 6.45) is 0. The second-order valence-corrected chi connectivity index (χ2v) is 4.90. The molecular weight excluding hydrogens is 208 g/mol. The number of hydrogen-bond acceptors (Lipinski definition) is 3. The minimum Gasteiger partial charge on any atom is -0.480 e. The van der Waals surface area contributed by atoms with Gasteiger partial charge in [0.05, 0.1) is 5.41 Å². The van der Waals surface area contributed by atoms with E-state index in [1.807, 2.05) is 13.8 Å². The second kappa shape index (κ2) is 5.84. The van der Waals surface area contributed by atoms with Crippen LogP contribution < -0.4 is 10.6 Å². The van der Waals surface area contributed by atoms with Crippen molar-refractivity contribution in [2.75, 3.05) is 13.6 Å². The van der Waals surface area contributed by atoms with Crippen molar-refractivity contribution in [2.24, 2.45) is 11.3 Å². The minimum atomic E-state index is -0.886. The SMILES string of the molecule is CNC(=O)C(C)(C)CNC(C(=O)O)C(C)C. The summed E-state index contributed by atoms with van der Waals surface area (Å²) in [6.45, 7) is 7.55. The fourth-order valence-corrected chi connectivity index (χ4v) is 1.39. The molecule has 1 atom stereocenters. The lowest BCUT2D eigenvalue weighted by atomic mass is 9.91. The lowest BCUT2D eigenvalue weighted by molar-refractivity contribution is -0.141. The standard InChI is InChI=1S/C11H22N2O3/c1-7(2)8(9(14)15)13-6-11(3,4)10(16)12-5/h7-8,13H,6H2,1-5H3,(H,12,16)(H,14,15). The van der Waals surface area contributed by atoms with Crippen LogP contribution in [0.4, 0.5) is 0 Å². The van der Waals surface area contributed by atoms with Gasteiger partial charge in [-0.15, -0.1) is 0 Å². The molecule has 3 N–H and O–H groups in total. The molecule has 0 spiro atoms. The average molecular weight is 230 g/mol. The van der Waals surface area contributed by atoms with E-state index in [2.05, 4.69) is 10.6 Å². The number of carboxylic acid groups (broad SMARTS) is 1. The number of carbonyl (C=O) groups excluding carboxylic acids is 1. The van der Waals surface area contributed by atoms with Crippen LogP contribution in [-0.2, 0) is 9.59 Å². The maximum Gasteiger partial charge on any atom is 0.320 e. The number of aliphatic carboxylic acids is 1. The Morgan fingerprint density at radius 3 is 2.12 bits per heavy atom. The Hall–Kier alpha value is -1.10. The molecule has 94 valence electrons. The van der Waals surface area contributed by atoms with Crippen LogP contribution in [0.15, 0.2) is 0 Å². The van der Waals surface area contributed by atoms with Crippen LogP contribution in [0, 0.1) is 11.3 Å². The van der Waals surface area contributed by atoms with Gasteiger partial charge < -0.3 is 15.7 Å². The minimum absolute atomic E-state index is 0.0158. The highest BCUT2D eigenvalue weighted by molar-refractivity contribution is 5.82. The predicted octanol–water partition coefficient (Wildman–Crippen LogP) is 0.457. The first-order valence-electron chi connectivity index (χ1n) is 5.40. The molecule has 16 heavy (non-hydrogen) atoms. The number of nitrogens with one attached hydrogen (secondary N) is 2. The molecule has 0 bridgehead atoms. The highest BCUT2D eigenvalue weighted by Crippen LogP contribution is 2.14. The van der Waals surface area contributed by atoms with Gasteiger partial charge >= 0.3 is 5.97 Å². The molecular formula is C11H22N2O3. The lowest BCUT2D eigenvalue weighted by Crippen LogP contribution is -2.49. The maximum atomic E-state index is 11.5. The van der Waals surface area contributed by atoms with Gasteiger partial charge in [0.1, 0.15) is 6.04 Å². The number of amides is 1. The van der Waals surface area contributed by atoms with Crippen molar-refractivity contribution in [2.45, 2.75) is 33.7 Å². The Bertz CT molecular complexity index is 262. The van der Waals surface area contributed by atoms with Gasteiger partial charge in [-0.05, 0) is 19.8 Å². The van der Waals surface area contributed by atoms with Crippen molar-refractivity contribution < 1.29 is 14.7 Å². The van der Waals surface area contributed by atoms with Gasteiger partial charge in [-0.2, -0.15) is 0 Å². The van der Waals surface area contributed by atoms with Crippen molar-refractivity contribution >= 4 is 11.9 Å². The molecule has 1 unspecified atom stereocenters. The molecule has 0 aromatic carbocycles. The van der Waals surface area contributed by atoms with Crippen LogP contribution in [0.3, 0.4) is 0 Å². The Morgan fingerprint density at radius 1 is 1.31 bits per heavy atom. The Balaban J connectivity index is 4.41. The molecule has 0 aliphatic heterocycles. The highest BCUT2D eigenvalue weighted by Gasteiger charge is 2.29. The molecule has 0 aromatic rings. The van der Waals surface area contributed by atoms with E-state index in [1.165, 1.54) is 0 Å². The van der Waals surface area contributed by atoms with E-state index in [0.717, 1.165) is 0 Å². The maximum absolute atomic E-state index is 11.5. The number of carbonyl (C=O) groups is 2. The summed E-state index contributed by atoms with van der Waals surface area (Å²) in [5.41, 5.74) is -0.614. The third-order valence-corrected chi connectivity index (χ3v) is 2.54. The quantitative estimate of drug-likeness (QED) is 0.619. The number of carboxylic acids is 1. The van der Waals surface area contributed by atoms with Gasteiger partial charge in [-0.3, -0.25) is 9.59 Å². The smallest absolute Gasteiger partial charge is 0.320 e. The topological polar surface area (TPSA) is 78.4 Å². The van der Waals surface area contributed by atoms with Gasteiger partial charge in [0.15, 0.2) is 0 Å². The van der Waals surface area contributed by atoms with Crippen LogP contribution >= 0.6 is 0 Å². The molecule has 0 aromatic heterocycles. The van der Waals surface area contributed by atoms with Crippen molar-refractivity contribution in [1.82, 2.24) is 10.6 Å². The first-order valence-corrected chi connectivity index (χ1v) is 5.40. The van der Waals surface area contributed by atoms with Crippen LogP contribution in [-0.4, -0.2) is 36.6 Å². The summed E-state index contributed by atoms with van der Waals surface area (Å²) in [5, 5.41) is 14.4. The van der Waals surface area contributed by atoms with E-state index in [9.17, 15) is 9.59 Å². The van der Waals surface area contributed by atoms with E-state index in [0.29, 0.717) is 6.54 Å². The molecule has 0 radical (unpaired) electrons. The Kier molecular flexibility index (Phi) is 5.44. The summed E-state index contributed by atoms with van der Waals surface area (Å²) in [7, 11) is 1.57. The average Bonchev–Trinajstić information content (AvgIpc) is 2.15. The fraction of sp³-hybridized carbons (Fsp3) is 0.818. The Morgan fingerprint density at radius 2 is 1.81 bits per heavy atom. The summed E-state index contributed by atoms with van der Waals surface area (Å²) in [4.78, 5) is 22.4. The van der Waals surface area contributed by atoms with Crippen molar-refractivity contribution in [1.29, 1.82) is 0 Å². The fourth-order valence-electron chi connectivity index (χ4n) is 1.39. The van der Waals surface area contributed by atoms with Gasteiger partial charge in [0.25, 0.3) is 0 Å². The summed E-state index contributed by atoms with van der Waals surface area (Å²) >= 11 is 0. The molecule has 0 rings (SSSR count). The Labute approximate surface area is 96.6 Å². The molecule has 0 aliphatic rings. The zero-order valence-corrected chi connectivity index (χ0v) is 10.6. The van der Waals surface area contributed by atoms with Crippen molar-refractivity contribution in [3.8, 4) is 0 Å². The largest absolute Gasteiger partial charge is 0.480 e. The molecule has 5 heteroatoms. The monoisotopic (exact) mass is 230 g/mol. The van der Waals surface area contributed by atoms with E-state index in [4.69, 9.17) is 5.11 Å². The first-order chi connectivity index (χ1) is 7.22. The van der Waals surface area contributed by atoms with E-state index >= 15 is 0 Å². The summed E-state index contributed by atoms with van der Waals surface area (Å²) in [5.74, 6) is -1.01. The van der Waals surface area contributed by atoms with Crippen LogP contribution in [0.2, 0.25) is 0 Å². The van der Waals surface area contributed by atoms with Gasteiger partial charge in [-0.1, -0.05) is 13.8 Å². The third kappa shape index (κ3) is 4.18. The highest BCUT2D eigenvalue weighted by atomic mass is 16.4. The normalized spacial score (nSPS) is 13.6. The van der Waals surface area contributed by atoms with Crippen molar-refractivity contribution in [3.05, 3.63) is 0 Å². The molecule has 0 saturated carbocycles. The third-order valence-electron chi connectivity index (χ3n) is 2.54. The number of rotatable bonds is 6. The molecule has 1 amide bonds. The van der Waals surface area contributed by atoms with E-state index in [1.54, 1.807) is 20.9 Å². The molecule has 0 heterocycles. The van der Waals surface area contributed by atoms with Gasteiger partial charge in [0.2, 0.25) is 5.91 Å². The molecule has 0 aliphatic carbocycles.